The van der Waals surface area contributed by atoms with Gasteiger partial charge in [-0.3, -0.25) is 9.05 Å². The van der Waals surface area contributed by atoms with Crippen LogP contribution in [-0.4, -0.2) is 52.8 Å². The van der Waals surface area contributed by atoms with E-state index >= 15 is 0 Å². The van der Waals surface area contributed by atoms with Gasteiger partial charge in [0, 0.05) is 47.2 Å². The first kappa shape index (κ1) is 25.3. The first-order valence-corrected chi connectivity index (χ1v) is 12.3. The molecule has 1 fully saturated rings. The monoisotopic (exact) mass is 472 g/mol. The van der Waals surface area contributed by atoms with Gasteiger partial charge in [-0.25, -0.2) is 4.57 Å². The number of phosphoric acid groups is 1. The third kappa shape index (κ3) is 4.52. The Morgan fingerprint density at radius 1 is 0.846 bits per heavy atom. The van der Waals surface area contributed by atoms with Crippen LogP contribution in [-0.2, 0) is 18.3 Å². The number of phosphoric ester groups is 1. The second-order valence-electron chi connectivity index (χ2n) is 7.05. The lowest BCUT2D eigenvalue weighted by atomic mass is 9.59. The number of ether oxygens (including phenoxy) is 1. The Bertz CT molecular complexity index is 475. The van der Waals surface area contributed by atoms with Crippen LogP contribution >= 0.6 is 54.2 Å². The molecule has 0 aromatic carbocycles. The molecule has 0 aliphatic carbocycles. The molecular weight excluding hydrogens is 445 g/mol. The Morgan fingerprint density at radius 3 is 1.62 bits per heavy atom. The summed E-state index contributed by atoms with van der Waals surface area (Å²) < 4.78 is 30.0. The molecule has 26 heavy (non-hydrogen) atoms. The lowest BCUT2D eigenvalue weighted by Crippen LogP contribution is -2.71. The molecule has 0 spiro atoms. The number of hydrogen-bond acceptors (Lipinski definition) is 4. The van der Waals surface area contributed by atoms with E-state index in [1.807, 2.05) is 27.7 Å². The molecule has 0 aromatic rings. The van der Waals surface area contributed by atoms with E-state index in [9.17, 15) is 9.46 Å². The van der Waals surface area contributed by atoms with E-state index < -0.39 is 30.9 Å². The molecular formula is C16H29Cl4O5P. The van der Waals surface area contributed by atoms with Crippen LogP contribution in [0, 0.1) is 23.7 Å². The van der Waals surface area contributed by atoms with Gasteiger partial charge >= 0.3 is 7.82 Å². The second-order valence-corrected chi connectivity index (χ2v) is 9.66. The zero-order valence-corrected chi connectivity index (χ0v) is 19.5. The molecule has 0 radical (unpaired) electrons. The molecule has 1 N–H and O–H groups in total. The van der Waals surface area contributed by atoms with Crippen molar-refractivity contribution in [2.75, 3.05) is 36.7 Å². The van der Waals surface area contributed by atoms with Crippen molar-refractivity contribution in [3.05, 3.63) is 0 Å². The predicted molar refractivity (Wildman–Crippen MR) is 108 cm³/mol. The van der Waals surface area contributed by atoms with Gasteiger partial charge in [-0.2, -0.15) is 0 Å². The second kappa shape index (κ2) is 10.3. The molecule has 5 unspecified atom stereocenters. The molecule has 0 saturated carbocycles. The maximum atomic E-state index is 12.7. The third-order valence-electron chi connectivity index (χ3n) is 5.41. The summed E-state index contributed by atoms with van der Waals surface area (Å²) in [5, 5.41) is 0. The maximum Gasteiger partial charge on any atom is 0.472 e. The smallest absolute Gasteiger partial charge is 0.369 e. The standard InChI is InChI=1S/C16H29Cl4O5P/c1-11(7-17)15(12(2)8-18)16(13(3)9-19,14(4)10-20)25-26(21,22)24-6-5-23-15/h11-14H,5-10H2,1-4H3,(H,21,22). The van der Waals surface area contributed by atoms with Gasteiger partial charge in [-0.05, 0) is 0 Å². The third-order valence-corrected chi connectivity index (χ3v) is 8.30. The van der Waals surface area contributed by atoms with Crippen molar-refractivity contribution < 1.29 is 23.2 Å². The average molecular weight is 474 g/mol. The minimum absolute atomic E-state index is 0.0832. The largest absolute Gasteiger partial charge is 0.472 e. The van der Waals surface area contributed by atoms with Crippen molar-refractivity contribution >= 4 is 54.2 Å². The summed E-state index contributed by atoms with van der Waals surface area (Å²) in [6.45, 7) is 7.54. The fourth-order valence-electron chi connectivity index (χ4n) is 4.20. The van der Waals surface area contributed by atoms with Crippen LogP contribution in [0.3, 0.4) is 0 Å². The predicted octanol–water partition coefficient (Wildman–Crippen LogP) is 5.13. The lowest BCUT2D eigenvalue weighted by Gasteiger charge is -2.60. The number of hydrogen-bond donors (Lipinski definition) is 1. The first-order valence-electron chi connectivity index (χ1n) is 8.65. The van der Waals surface area contributed by atoms with Crippen LogP contribution in [0.4, 0.5) is 0 Å². The zero-order chi connectivity index (χ0) is 20.2. The highest BCUT2D eigenvalue weighted by atomic mass is 35.5. The summed E-state index contributed by atoms with van der Waals surface area (Å²) in [6, 6.07) is 0. The molecule has 5 nitrogen and oxygen atoms in total. The van der Waals surface area contributed by atoms with Gasteiger partial charge in [0.1, 0.15) is 11.2 Å². The Balaban J connectivity index is 3.86. The van der Waals surface area contributed by atoms with E-state index in [0.29, 0.717) is 0 Å². The average Bonchev–Trinajstić information content (AvgIpc) is 2.62. The molecule has 1 saturated heterocycles. The SMILES string of the molecule is CC(CCl)C1(C(C)CCl)OCCOP(=O)(O)OC1(C(C)CCl)C(C)CCl. The zero-order valence-electron chi connectivity index (χ0n) is 15.6. The Labute approximate surface area is 176 Å². The highest BCUT2D eigenvalue weighted by Gasteiger charge is 2.66. The Kier molecular flexibility index (Phi) is 10.0. The molecule has 1 aliphatic rings. The van der Waals surface area contributed by atoms with Crippen molar-refractivity contribution in [3.63, 3.8) is 0 Å². The molecule has 10 heteroatoms. The van der Waals surface area contributed by atoms with Gasteiger partial charge in [0.05, 0.1) is 13.2 Å². The fourth-order valence-corrected chi connectivity index (χ4v) is 6.36. The summed E-state index contributed by atoms with van der Waals surface area (Å²) in [6.07, 6.45) is 0. The van der Waals surface area contributed by atoms with Crippen LogP contribution in [0.1, 0.15) is 27.7 Å². The van der Waals surface area contributed by atoms with Gasteiger partial charge in [0.2, 0.25) is 0 Å². The minimum Gasteiger partial charge on any atom is -0.369 e. The van der Waals surface area contributed by atoms with Crippen LogP contribution < -0.4 is 0 Å². The van der Waals surface area contributed by atoms with Gasteiger partial charge in [-0.15, -0.1) is 46.4 Å². The van der Waals surface area contributed by atoms with Crippen LogP contribution in [0.15, 0.2) is 0 Å². The first-order chi connectivity index (χ1) is 12.1. The molecule has 1 heterocycles. The van der Waals surface area contributed by atoms with Crippen molar-refractivity contribution in [1.82, 2.24) is 0 Å². The normalized spacial score (nSPS) is 38.0. The quantitative estimate of drug-likeness (QED) is 0.391. The van der Waals surface area contributed by atoms with Crippen LogP contribution in [0.5, 0.6) is 0 Å². The Morgan fingerprint density at radius 2 is 1.23 bits per heavy atom. The maximum absolute atomic E-state index is 12.7. The van der Waals surface area contributed by atoms with E-state index in [2.05, 4.69) is 0 Å². The Hall–Kier alpha value is 1.23. The van der Waals surface area contributed by atoms with E-state index in [4.69, 9.17) is 60.2 Å². The molecule has 0 amide bonds. The van der Waals surface area contributed by atoms with Gasteiger partial charge in [-0.1, -0.05) is 27.7 Å². The molecule has 1 aliphatic heterocycles. The van der Waals surface area contributed by atoms with E-state index in [1.165, 1.54) is 0 Å². The molecule has 0 bridgehead atoms. The van der Waals surface area contributed by atoms with Crippen molar-refractivity contribution in [2.24, 2.45) is 23.7 Å². The highest BCUT2D eigenvalue weighted by molar-refractivity contribution is 7.47. The van der Waals surface area contributed by atoms with Gasteiger partial charge in [0.15, 0.2) is 0 Å². The fraction of sp³-hybridized carbons (Fsp3) is 1.00. The van der Waals surface area contributed by atoms with Crippen molar-refractivity contribution in [1.29, 1.82) is 0 Å². The number of alkyl halides is 4. The van der Waals surface area contributed by atoms with E-state index in [0.717, 1.165) is 0 Å². The van der Waals surface area contributed by atoms with Crippen LogP contribution in [0.2, 0.25) is 0 Å². The van der Waals surface area contributed by atoms with Gasteiger partial charge < -0.3 is 9.63 Å². The van der Waals surface area contributed by atoms with Crippen molar-refractivity contribution in [3.8, 4) is 0 Å². The topological polar surface area (TPSA) is 65.0 Å². The summed E-state index contributed by atoms with van der Waals surface area (Å²) >= 11 is 25.0. The van der Waals surface area contributed by atoms with E-state index in [1.54, 1.807) is 0 Å². The summed E-state index contributed by atoms with van der Waals surface area (Å²) in [4.78, 5) is 10.3. The van der Waals surface area contributed by atoms with E-state index in [-0.39, 0.29) is 48.6 Å². The molecule has 5 atom stereocenters. The lowest BCUT2D eigenvalue weighted by molar-refractivity contribution is -0.264. The summed E-state index contributed by atoms with van der Waals surface area (Å²) in [5.74, 6) is -0.486. The van der Waals surface area contributed by atoms with Gasteiger partial charge in [0.25, 0.3) is 0 Å². The number of rotatable bonds is 8. The molecule has 156 valence electrons. The van der Waals surface area contributed by atoms with Crippen LogP contribution in [0.25, 0.3) is 0 Å². The molecule has 0 aromatic heterocycles. The number of halogens is 4. The minimum atomic E-state index is -4.38. The highest BCUT2D eigenvalue weighted by Crippen LogP contribution is 2.60. The van der Waals surface area contributed by atoms with Crippen molar-refractivity contribution in [2.45, 2.75) is 38.9 Å². The summed E-state index contributed by atoms with van der Waals surface area (Å²) in [5.41, 5.74) is -2.41. The molecule has 1 rings (SSSR count). The summed E-state index contributed by atoms with van der Waals surface area (Å²) in [7, 11) is -4.38.